The number of aromatic nitrogens is 3. The maximum absolute atomic E-state index is 13.7. The summed E-state index contributed by atoms with van der Waals surface area (Å²) in [7, 11) is -4.16. The highest BCUT2D eigenvalue weighted by molar-refractivity contribution is 7.91. The molecular formula is C13H9FN4O4S2. The molecule has 0 fully saturated rings. The molecule has 0 radical (unpaired) electrons. The van der Waals surface area contributed by atoms with Gasteiger partial charge in [-0.05, 0) is 12.1 Å². The molecule has 1 amide bonds. The predicted octanol–water partition coefficient (Wildman–Crippen LogP) is 1.74. The number of benzene rings is 1. The van der Waals surface area contributed by atoms with E-state index in [0.717, 1.165) is 11.3 Å². The molecule has 0 saturated heterocycles. The topological polar surface area (TPSA) is 115 Å². The van der Waals surface area contributed by atoms with Gasteiger partial charge in [0.1, 0.15) is 11.6 Å². The van der Waals surface area contributed by atoms with Gasteiger partial charge in [-0.2, -0.15) is 0 Å². The summed E-state index contributed by atoms with van der Waals surface area (Å²) < 4.78 is 42.9. The number of thiazole rings is 1. The van der Waals surface area contributed by atoms with Gasteiger partial charge in [0, 0.05) is 11.6 Å². The largest absolute Gasteiger partial charge is 0.408 e. The fourth-order valence-electron chi connectivity index (χ4n) is 1.75. The van der Waals surface area contributed by atoms with E-state index in [1.807, 2.05) is 0 Å². The number of hydrogen-bond acceptors (Lipinski definition) is 8. The molecule has 0 saturated carbocycles. The quantitative estimate of drug-likeness (QED) is 0.729. The molecule has 1 N–H and O–H groups in total. The Morgan fingerprint density at radius 3 is 2.79 bits per heavy atom. The van der Waals surface area contributed by atoms with Gasteiger partial charge in [-0.1, -0.05) is 17.2 Å². The summed E-state index contributed by atoms with van der Waals surface area (Å²) in [4.78, 5) is 15.6. The maximum atomic E-state index is 13.7. The van der Waals surface area contributed by atoms with E-state index in [-0.39, 0.29) is 16.6 Å². The molecule has 1 aromatic carbocycles. The molecule has 3 aromatic rings. The third-order valence-corrected chi connectivity index (χ3v) is 4.80. The predicted molar refractivity (Wildman–Crippen MR) is 82.5 cm³/mol. The first kappa shape index (κ1) is 16.2. The van der Waals surface area contributed by atoms with E-state index in [1.54, 1.807) is 5.38 Å². The van der Waals surface area contributed by atoms with Crippen molar-refractivity contribution in [1.29, 1.82) is 0 Å². The summed E-state index contributed by atoms with van der Waals surface area (Å²) in [6.07, 6.45) is 1.47. The van der Waals surface area contributed by atoms with E-state index in [0.29, 0.717) is 0 Å². The first-order chi connectivity index (χ1) is 11.5. The highest BCUT2D eigenvalue weighted by atomic mass is 32.2. The zero-order valence-electron chi connectivity index (χ0n) is 11.8. The Bertz CT molecular complexity index is 970. The van der Waals surface area contributed by atoms with Gasteiger partial charge in [-0.15, -0.1) is 16.4 Å². The van der Waals surface area contributed by atoms with Crippen LogP contribution >= 0.6 is 11.3 Å². The van der Waals surface area contributed by atoms with Crippen LogP contribution < -0.4 is 5.32 Å². The second kappa shape index (κ2) is 6.45. The number of nitrogens with one attached hydrogen (secondary N) is 1. The third-order valence-electron chi connectivity index (χ3n) is 2.78. The van der Waals surface area contributed by atoms with Gasteiger partial charge < -0.3 is 9.73 Å². The second-order valence-electron chi connectivity index (χ2n) is 4.50. The van der Waals surface area contributed by atoms with Gasteiger partial charge in [0.2, 0.25) is 15.7 Å². The zero-order valence-corrected chi connectivity index (χ0v) is 13.5. The summed E-state index contributed by atoms with van der Waals surface area (Å²) in [5.74, 6) is -2.61. The second-order valence-corrected chi connectivity index (χ2v) is 7.26. The molecular weight excluding hydrogens is 359 g/mol. The molecule has 0 aliphatic carbocycles. The van der Waals surface area contributed by atoms with Crippen molar-refractivity contribution in [2.45, 2.75) is 5.22 Å². The summed E-state index contributed by atoms with van der Waals surface area (Å²) in [6, 6.07) is 5.55. The van der Waals surface area contributed by atoms with Crippen molar-refractivity contribution in [2.24, 2.45) is 0 Å². The molecule has 8 nitrogen and oxygen atoms in total. The fourth-order valence-corrected chi connectivity index (χ4v) is 3.21. The third kappa shape index (κ3) is 3.46. The van der Waals surface area contributed by atoms with Crippen molar-refractivity contribution in [2.75, 3.05) is 11.1 Å². The lowest BCUT2D eigenvalue weighted by Crippen LogP contribution is -2.23. The number of carbonyl (C=O) groups is 1. The molecule has 2 heterocycles. The van der Waals surface area contributed by atoms with Crippen LogP contribution in [0.3, 0.4) is 0 Å². The summed E-state index contributed by atoms with van der Waals surface area (Å²) in [6.45, 7) is 0. The van der Waals surface area contributed by atoms with Gasteiger partial charge in [-0.3, -0.25) is 4.79 Å². The maximum Gasteiger partial charge on any atom is 0.336 e. The molecule has 2 aromatic heterocycles. The van der Waals surface area contributed by atoms with E-state index < -0.39 is 32.5 Å². The molecule has 0 unspecified atom stereocenters. The summed E-state index contributed by atoms with van der Waals surface area (Å²) >= 11 is 1.15. The molecule has 24 heavy (non-hydrogen) atoms. The van der Waals surface area contributed by atoms with Crippen molar-refractivity contribution in [3.8, 4) is 11.5 Å². The highest BCUT2D eigenvalue weighted by Crippen LogP contribution is 2.23. The minimum absolute atomic E-state index is 0.0290. The van der Waals surface area contributed by atoms with Gasteiger partial charge in [0.05, 0.1) is 5.56 Å². The van der Waals surface area contributed by atoms with Gasteiger partial charge in [-0.25, -0.2) is 17.8 Å². The molecule has 0 aliphatic rings. The molecule has 3 rings (SSSR count). The molecule has 0 spiro atoms. The summed E-state index contributed by atoms with van der Waals surface area (Å²) in [5, 5.41) is 10.4. The van der Waals surface area contributed by atoms with Gasteiger partial charge >= 0.3 is 5.22 Å². The Morgan fingerprint density at radius 2 is 2.08 bits per heavy atom. The smallest absolute Gasteiger partial charge is 0.336 e. The van der Waals surface area contributed by atoms with Crippen LogP contribution in [0.4, 0.5) is 9.52 Å². The molecule has 124 valence electrons. The Kier molecular flexibility index (Phi) is 4.36. The van der Waals surface area contributed by atoms with Crippen LogP contribution in [-0.4, -0.2) is 35.3 Å². The number of nitrogens with zero attached hydrogens (tertiary/aromatic N) is 3. The van der Waals surface area contributed by atoms with Crippen molar-refractivity contribution in [3.05, 3.63) is 41.7 Å². The normalized spacial score (nSPS) is 11.4. The lowest BCUT2D eigenvalue weighted by atomic mass is 10.2. The van der Waals surface area contributed by atoms with Crippen molar-refractivity contribution in [3.63, 3.8) is 0 Å². The van der Waals surface area contributed by atoms with Crippen LogP contribution in [0.25, 0.3) is 11.5 Å². The Hall–Kier alpha value is -2.66. The Labute approximate surface area is 139 Å². The SMILES string of the molecule is O=C(CS(=O)(=O)c1nnc(-c2ccccc2F)o1)Nc1nccs1. The minimum atomic E-state index is -4.16. The zero-order chi connectivity index (χ0) is 17.2. The average Bonchev–Trinajstić information content (AvgIpc) is 3.18. The van der Waals surface area contributed by atoms with E-state index in [2.05, 4.69) is 20.5 Å². The highest BCUT2D eigenvalue weighted by Gasteiger charge is 2.27. The number of amides is 1. The van der Waals surface area contributed by atoms with Crippen LogP contribution in [0.2, 0.25) is 0 Å². The van der Waals surface area contributed by atoms with E-state index in [9.17, 15) is 17.6 Å². The number of rotatable bonds is 5. The Morgan fingerprint density at radius 1 is 1.29 bits per heavy atom. The van der Waals surface area contributed by atoms with Gasteiger partial charge in [0.15, 0.2) is 5.13 Å². The number of carbonyl (C=O) groups excluding carboxylic acids is 1. The van der Waals surface area contributed by atoms with E-state index in [4.69, 9.17) is 4.42 Å². The first-order valence-electron chi connectivity index (χ1n) is 6.46. The van der Waals surface area contributed by atoms with E-state index in [1.165, 1.54) is 30.5 Å². The van der Waals surface area contributed by atoms with Crippen LogP contribution in [0.5, 0.6) is 0 Å². The fraction of sp³-hybridized carbons (Fsp3) is 0.0769. The minimum Gasteiger partial charge on any atom is -0.408 e. The lowest BCUT2D eigenvalue weighted by molar-refractivity contribution is -0.113. The number of anilines is 1. The van der Waals surface area contributed by atoms with Crippen molar-refractivity contribution >= 4 is 32.2 Å². The number of hydrogen-bond donors (Lipinski definition) is 1. The standard InChI is InChI=1S/C13H9FN4O4S2/c14-9-4-2-1-3-8(9)11-17-18-13(22-11)24(20,21)7-10(19)16-12-15-5-6-23-12/h1-6H,7H2,(H,15,16,19). The average molecular weight is 368 g/mol. The van der Waals surface area contributed by atoms with Gasteiger partial charge in [0.25, 0.3) is 5.89 Å². The van der Waals surface area contributed by atoms with Crippen LogP contribution in [0, 0.1) is 5.82 Å². The van der Waals surface area contributed by atoms with Crippen LogP contribution in [0.15, 0.2) is 45.5 Å². The van der Waals surface area contributed by atoms with Crippen LogP contribution in [-0.2, 0) is 14.6 Å². The first-order valence-corrected chi connectivity index (χ1v) is 8.99. The van der Waals surface area contributed by atoms with Crippen LogP contribution in [0.1, 0.15) is 0 Å². The number of sulfone groups is 1. The number of halogens is 1. The van der Waals surface area contributed by atoms with E-state index >= 15 is 0 Å². The lowest BCUT2D eigenvalue weighted by Gasteiger charge is -2.00. The summed E-state index contributed by atoms with van der Waals surface area (Å²) in [5.41, 5.74) is -0.0290. The Balaban J connectivity index is 1.78. The molecule has 0 bridgehead atoms. The molecule has 0 atom stereocenters. The monoisotopic (exact) mass is 368 g/mol. The van der Waals surface area contributed by atoms with Crippen molar-refractivity contribution in [1.82, 2.24) is 15.2 Å². The molecule has 0 aliphatic heterocycles. The van der Waals surface area contributed by atoms with Crippen molar-refractivity contribution < 1.29 is 22.0 Å². The molecule has 11 heteroatoms.